The van der Waals surface area contributed by atoms with Crippen molar-refractivity contribution >= 4 is 34.5 Å². The lowest BCUT2D eigenvalue weighted by Gasteiger charge is -2.27. The molecule has 1 nitrogen and oxygen atoms in total. The maximum atomic E-state index is 4.82. The molecule has 1 heterocycles. The molecule has 0 aliphatic rings. The fourth-order valence-corrected chi connectivity index (χ4v) is 8.36. The van der Waals surface area contributed by atoms with Crippen LogP contribution in [0.2, 0.25) is 0 Å². The maximum absolute atomic E-state index is 4.82. The predicted molar refractivity (Wildman–Crippen MR) is 116 cm³/mol. The van der Waals surface area contributed by atoms with Crippen molar-refractivity contribution in [1.29, 1.82) is 0 Å². The summed E-state index contributed by atoms with van der Waals surface area (Å²) < 4.78 is 0. The monoisotopic (exact) mass is 374 g/mol. The van der Waals surface area contributed by atoms with E-state index in [0.717, 1.165) is 11.2 Å². The van der Waals surface area contributed by atoms with Gasteiger partial charge in [0.2, 0.25) is 0 Å². The van der Waals surface area contributed by atoms with Crippen molar-refractivity contribution in [3.05, 3.63) is 107 Å². The zero-order valence-corrected chi connectivity index (χ0v) is 16.5. The molecule has 0 aliphatic carbocycles. The number of aryl methyl sites for hydroxylation is 1. The van der Waals surface area contributed by atoms with Gasteiger partial charge in [-0.15, -0.1) is 11.3 Å². The molecule has 3 heteroatoms. The van der Waals surface area contributed by atoms with Gasteiger partial charge in [0.15, 0.2) is 0 Å². The quantitative estimate of drug-likeness (QED) is 0.451. The first kappa shape index (κ1) is 17.1. The second kappa shape index (κ2) is 7.53. The number of nitrogens with zero attached hydrogens (tertiary/aromatic N) is 1. The van der Waals surface area contributed by atoms with E-state index in [1.165, 1.54) is 21.6 Å². The minimum absolute atomic E-state index is 0.954. The van der Waals surface area contributed by atoms with Crippen LogP contribution < -0.4 is 15.9 Å². The van der Waals surface area contributed by atoms with E-state index in [-0.39, 0.29) is 0 Å². The molecule has 0 unspecified atom stereocenters. The summed E-state index contributed by atoms with van der Waals surface area (Å²) in [5, 5.41) is 7.57. The molecule has 26 heavy (non-hydrogen) atoms. The third kappa shape index (κ3) is 3.23. The van der Waals surface area contributed by atoms with Crippen molar-refractivity contribution in [2.45, 2.75) is 13.1 Å². The molecule has 0 aliphatic heterocycles. The summed E-state index contributed by atoms with van der Waals surface area (Å²) in [6.07, 6.45) is 0.954. The highest BCUT2D eigenvalue weighted by Crippen LogP contribution is 2.58. The molecule has 0 radical (unpaired) electrons. The first-order valence-corrected chi connectivity index (χ1v) is 11.6. The molecule has 128 valence electrons. The molecule has 0 atom stereocenters. The molecule has 0 bridgehead atoms. The van der Waals surface area contributed by atoms with E-state index in [1.54, 1.807) is 11.3 Å². The molecular weight excluding hydrogens is 353 g/mol. The van der Waals surface area contributed by atoms with Crippen LogP contribution in [-0.4, -0.2) is 4.98 Å². The van der Waals surface area contributed by atoms with E-state index in [9.17, 15) is 0 Å². The Morgan fingerprint density at radius 1 is 0.692 bits per heavy atom. The topological polar surface area (TPSA) is 12.9 Å². The molecule has 0 saturated carbocycles. The Bertz CT molecular complexity index is 868. The highest BCUT2D eigenvalue weighted by atomic mass is 32.1. The van der Waals surface area contributed by atoms with Crippen LogP contribution in [0, 0.1) is 6.92 Å². The average molecular weight is 374 g/mol. The highest BCUT2D eigenvalue weighted by Gasteiger charge is 2.45. The van der Waals surface area contributed by atoms with Gasteiger partial charge in [0.1, 0.15) is 29.3 Å². The largest absolute Gasteiger partial charge is 0.243 e. The van der Waals surface area contributed by atoms with Crippen LogP contribution in [-0.2, 0) is 6.16 Å². The molecule has 0 saturated heterocycles. The summed E-state index contributed by atoms with van der Waals surface area (Å²) >= 11 is 1.74. The Hall–Kier alpha value is -2.28. The number of rotatable bonds is 5. The normalized spacial score (nSPS) is 11.4. The Kier molecular flexibility index (Phi) is 4.97. The van der Waals surface area contributed by atoms with Crippen molar-refractivity contribution in [2.75, 3.05) is 0 Å². The summed E-state index contributed by atoms with van der Waals surface area (Å²) in [6, 6.07) is 32.9. The first-order valence-electron chi connectivity index (χ1n) is 8.75. The van der Waals surface area contributed by atoms with Crippen molar-refractivity contribution < 1.29 is 0 Å². The van der Waals surface area contributed by atoms with Crippen LogP contribution in [0.15, 0.2) is 96.4 Å². The predicted octanol–water partition coefficient (Wildman–Crippen LogP) is 4.95. The fraction of sp³-hybridized carbons (Fsp3) is 0.0870. The van der Waals surface area contributed by atoms with Crippen LogP contribution in [0.3, 0.4) is 0 Å². The lowest BCUT2D eigenvalue weighted by atomic mass is 10.4. The lowest BCUT2D eigenvalue weighted by Crippen LogP contribution is -2.32. The Labute approximate surface area is 159 Å². The summed E-state index contributed by atoms with van der Waals surface area (Å²) in [4.78, 5) is 4.82. The number of thiazole rings is 1. The summed E-state index contributed by atoms with van der Waals surface area (Å²) in [6.45, 7) is 2.09. The third-order valence-electron chi connectivity index (χ3n) is 4.66. The van der Waals surface area contributed by atoms with E-state index < -0.39 is 7.26 Å². The Morgan fingerprint density at radius 2 is 1.12 bits per heavy atom. The molecule has 0 spiro atoms. The van der Waals surface area contributed by atoms with Crippen LogP contribution in [0.25, 0.3) is 0 Å². The lowest BCUT2D eigenvalue weighted by molar-refractivity contribution is 1.17. The van der Waals surface area contributed by atoms with Crippen molar-refractivity contribution in [2.24, 2.45) is 0 Å². The van der Waals surface area contributed by atoms with Crippen molar-refractivity contribution in [1.82, 2.24) is 4.98 Å². The zero-order chi connectivity index (χ0) is 17.8. The molecule has 4 rings (SSSR count). The van der Waals surface area contributed by atoms with Crippen LogP contribution in [0.5, 0.6) is 0 Å². The van der Waals surface area contributed by atoms with Crippen molar-refractivity contribution in [3.8, 4) is 0 Å². The molecule has 1 aromatic heterocycles. The minimum atomic E-state index is -1.82. The van der Waals surface area contributed by atoms with Gasteiger partial charge >= 0.3 is 0 Å². The zero-order valence-electron chi connectivity index (χ0n) is 14.7. The van der Waals surface area contributed by atoms with Gasteiger partial charge in [0.25, 0.3) is 0 Å². The van der Waals surface area contributed by atoms with E-state index in [1.807, 2.05) is 0 Å². The number of aromatic nitrogens is 1. The number of hydrogen-bond donors (Lipinski definition) is 0. The van der Waals surface area contributed by atoms with Gasteiger partial charge in [-0.25, -0.2) is 4.98 Å². The highest BCUT2D eigenvalue weighted by molar-refractivity contribution is 7.95. The molecule has 0 N–H and O–H groups in total. The standard InChI is InChI=1S/C23H21NPS/c1-19-24-20(18-26-19)17-25(21-11-5-2-6-12-21,22-13-7-3-8-14-22)23-15-9-4-10-16-23/h2-16,18H,17H2,1H3/q+1. The van der Waals surface area contributed by atoms with Crippen LogP contribution >= 0.6 is 18.6 Å². The molecule has 3 aromatic carbocycles. The molecule has 0 amide bonds. The second-order valence-electron chi connectivity index (χ2n) is 6.33. The average Bonchev–Trinajstić information content (AvgIpc) is 3.13. The minimum Gasteiger partial charge on any atom is -0.243 e. The summed E-state index contributed by atoms with van der Waals surface area (Å²) in [7, 11) is -1.82. The fourth-order valence-electron chi connectivity index (χ4n) is 3.49. The number of benzene rings is 3. The van der Waals surface area contributed by atoms with Crippen molar-refractivity contribution in [3.63, 3.8) is 0 Å². The van der Waals surface area contributed by atoms with Gasteiger partial charge in [-0.2, -0.15) is 0 Å². The van der Waals surface area contributed by atoms with Gasteiger partial charge < -0.3 is 0 Å². The Balaban J connectivity index is 2.00. The SMILES string of the molecule is Cc1nc(C[P+](c2ccccc2)(c2ccccc2)c2ccccc2)cs1. The first-order chi connectivity index (χ1) is 12.8. The van der Waals surface area contributed by atoms with Gasteiger partial charge in [0.05, 0.1) is 10.7 Å². The molecular formula is C23H21NPS+. The number of hydrogen-bond acceptors (Lipinski definition) is 2. The van der Waals surface area contributed by atoms with Gasteiger partial charge in [-0.1, -0.05) is 54.6 Å². The summed E-state index contributed by atoms with van der Waals surface area (Å²) in [5.41, 5.74) is 1.19. The van der Waals surface area contributed by atoms with Crippen LogP contribution in [0.1, 0.15) is 10.7 Å². The Morgan fingerprint density at radius 3 is 1.46 bits per heavy atom. The van der Waals surface area contributed by atoms with Crippen LogP contribution in [0.4, 0.5) is 0 Å². The van der Waals surface area contributed by atoms with Gasteiger partial charge in [-0.05, 0) is 43.3 Å². The molecule has 4 aromatic rings. The third-order valence-corrected chi connectivity index (χ3v) is 9.82. The van der Waals surface area contributed by atoms with Gasteiger partial charge in [-0.3, -0.25) is 0 Å². The molecule has 0 fully saturated rings. The summed E-state index contributed by atoms with van der Waals surface area (Å²) in [5.74, 6) is 0. The van der Waals surface area contributed by atoms with E-state index in [2.05, 4.69) is 103 Å². The van der Waals surface area contributed by atoms with E-state index >= 15 is 0 Å². The van der Waals surface area contributed by atoms with Gasteiger partial charge in [0, 0.05) is 5.38 Å². The smallest absolute Gasteiger partial charge is 0.118 e. The van der Waals surface area contributed by atoms with E-state index in [4.69, 9.17) is 4.98 Å². The maximum Gasteiger partial charge on any atom is 0.118 e. The second-order valence-corrected chi connectivity index (χ2v) is 10.9. The van der Waals surface area contributed by atoms with E-state index in [0.29, 0.717) is 0 Å².